The fourth-order valence-electron chi connectivity index (χ4n) is 1.09. The number of hydrogen-bond acceptors (Lipinski definition) is 4. The highest BCUT2D eigenvalue weighted by Gasteiger charge is 2.14. The molecule has 0 saturated heterocycles. The van der Waals surface area contributed by atoms with Crippen LogP contribution >= 0.6 is 24.0 Å². The molecule has 0 radical (unpaired) electrons. The fraction of sp³-hybridized carbons (Fsp3) is 0.333. The summed E-state index contributed by atoms with van der Waals surface area (Å²) in [6.45, 7) is 0.426. The lowest BCUT2D eigenvalue weighted by molar-refractivity contribution is 0.414. The van der Waals surface area contributed by atoms with Crippen molar-refractivity contribution in [2.24, 2.45) is 5.73 Å². The molecule has 0 aliphatic rings. The summed E-state index contributed by atoms with van der Waals surface area (Å²) in [5.74, 6) is 0.430. The van der Waals surface area contributed by atoms with Crippen LogP contribution in [0.3, 0.4) is 0 Å². The second-order valence-corrected chi connectivity index (χ2v) is 5.16. The molecule has 0 atom stereocenters. The van der Waals surface area contributed by atoms with E-state index in [9.17, 15) is 8.42 Å². The van der Waals surface area contributed by atoms with E-state index in [1.54, 1.807) is 0 Å². The van der Waals surface area contributed by atoms with Crippen LogP contribution in [0.5, 0.6) is 5.75 Å². The van der Waals surface area contributed by atoms with Gasteiger partial charge in [-0.1, -0.05) is 11.6 Å². The highest BCUT2D eigenvalue weighted by atomic mass is 35.5. The number of hydrogen-bond donors (Lipinski definition) is 2. The normalized spacial score (nSPS) is 10.8. The molecule has 1 aromatic carbocycles. The van der Waals surface area contributed by atoms with Gasteiger partial charge in [-0.15, -0.1) is 12.4 Å². The van der Waals surface area contributed by atoms with Crippen molar-refractivity contribution in [3.8, 4) is 5.75 Å². The van der Waals surface area contributed by atoms with Gasteiger partial charge in [-0.2, -0.15) is 0 Å². The number of nitrogens with two attached hydrogens (primary N) is 1. The van der Waals surface area contributed by atoms with E-state index in [2.05, 4.69) is 4.72 Å². The number of nitrogens with one attached hydrogen (secondary N) is 1. The molecule has 1 rings (SSSR count). The van der Waals surface area contributed by atoms with Crippen molar-refractivity contribution in [3.05, 3.63) is 23.2 Å². The van der Waals surface area contributed by atoms with Crippen molar-refractivity contribution >= 4 is 34.0 Å². The van der Waals surface area contributed by atoms with Crippen LogP contribution in [0, 0.1) is 0 Å². The van der Waals surface area contributed by atoms with Crippen molar-refractivity contribution in [3.63, 3.8) is 0 Å². The lowest BCUT2D eigenvalue weighted by Crippen LogP contribution is -2.29. The van der Waals surface area contributed by atoms with Crippen LogP contribution in [-0.4, -0.2) is 28.6 Å². The number of benzene rings is 1. The summed E-state index contributed by atoms with van der Waals surface area (Å²) >= 11 is 5.83. The van der Waals surface area contributed by atoms with E-state index in [1.807, 2.05) is 0 Å². The first kappa shape index (κ1) is 16.5. The van der Waals surface area contributed by atoms with Crippen LogP contribution < -0.4 is 15.2 Å². The minimum atomic E-state index is -3.54. The largest absolute Gasteiger partial charge is 0.495 e. The lowest BCUT2D eigenvalue weighted by Gasteiger charge is -2.07. The van der Waals surface area contributed by atoms with Crippen molar-refractivity contribution in [2.75, 3.05) is 20.2 Å². The molecule has 0 aromatic heterocycles. The molecular formula is C9H14Cl2N2O3S. The van der Waals surface area contributed by atoms with Gasteiger partial charge in [0.1, 0.15) is 5.75 Å². The summed E-state index contributed by atoms with van der Waals surface area (Å²) in [5.41, 5.74) is 5.22. The van der Waals surface area contributed by atoms with E-state index in [0.717, 1.165) is 0 Å². The Morgan fingerprint density at radius 3 is 2.59 bits per heavy atom. The minimum Gasteiger partial charge on any atom is -0.495 e. The number of halogens is 2. The van der Waals surface area contributed by atoms with Gasteiger partial charge in [-0.05, 0) is 18.2 Å². The van der Waals surface area contributed by atoms with Crippen LogP contribution in [0.1, 0.15) is 0 Å². The Morgan fingerprint density at radius 1 is 1.47 bits per heavy atom. The summed E-state index contributed by atoms with van der Waals surface area (Å²) in [7, 11) is -2.08. The molecule has 0 bridgehead atoms. The van der Waals surface area contributed by atoms with E-state index in [1.165, 1.54) is 25.3 Å². The number of methoxy groups -OCH3 is 1. The van der Waals surface area contributed by atoms with Gasteiger partial charge in [0.15, 0.2) is 0 Å². The standard InChI is InChI=1S/C9H13ClN2O3S.ClH/c1-15-9-3-2-7(6-8(9)10)16(13,14)12-5-4-11;/h2-3,6,12H,4-5,11H2,1H3;1H. The highest BCUT2D eigenvalue weighted by Crippen LogP contribution is 2.26. The Morgan fingerprint density at radius 2 is 2.12 bits per heavy atom. The quantitative estimate of drug-likeness (QED) is 0.850. The van der Waals surface area contributed by atoms with Gasteiger partial charge >= 0.3 is 0 Å². The maximum Gasteiger partial charge on any atom is 0.240 e. The van der Waals surface area contributed by atoms with E-state index >= 15 is 0 Å². The molecule has 3 N–H and O–H groups in total. The van der Waals surface area contributed by atoms with Gasteiger partial charge in [0, 0.05) is 13.1 Å². The van der Waals surface area contributed by atoms with Gasteiger partial charge in [0.2, 0.25) is 10.0 Å². The zero-order valence-corrected chi connectivity index (χ0v) is 11.5. The number of rotatable bonds is 5. The first-order valence-electron chi connectivity index (χ1n) is 4.54. The van der Waals surface area contributed by atoms with E-state index < -0.39 is 10.0 Å². The molecule has 0 aliphatic carbocycles. The van der Waals surface area contributed by atoms with Crippen LogP contribution in [0.25, 0.3) is 0 Å². The molecule has 0 aliphatic heterocycles. The van der Waals surface area contributed by atoms with E-state index in [4.69, 9.17) is 22.1 Å². The predicted molar refractivity (Wildman–Crippen MR) is 69.5 cm³/mol. The lowest BCUT2D eigenvalue weighted by atomic mass is 10.3. The Bertz CT molecular complexity index is 465. The van der Waals surface area contributed by atoms with Crippen molar-refractivity contribution in [1.29, 1.82) is 0 Å². The monoisotopic (exact) mass is 300 g/mol. The Hall–Kier alpha value is -0.530. The third kappa shape index (κ3) is 4.33. The summed E-state index contributed by atoms with van der Waals surface area (Å²) < 4.78 is 30.6. The number of ether oxygens (including phenoxy) is 1. The third-order valence-electron chi connectivity index (χ3n) is 1.87. The molecule has 8 heteroatoms. The molecule has 0 saturated carbocycles. The van der Waals surface area contributed by atoms with Gasteiger partial charge < -0.3 is 10.5 Å². The maximum absolute atomic E-state index is 11.7. The van der Waals surface area contributed by atoms with Crippen LogP contribution in [0.2, 0.25) is 5.02 Å². The van der Waals surface area contributed by atoms with Gasteiger partial charge in [0.05, 0.1) is 17.0 Å². The molecule has 0 heterocycles. The van der Waals surface area contributed by atoms with E-state index in [-0.39, 0.29) is 35.4 Å². The van der Waals surface area contributed by atoms with Crippen molar-refractivity contribution in [1.82, 2.24) is 4.72 Å². The second kappa shape index (κ2) is 7.03. The average molecular weight is 301 g/mol. The smallest absolute Gasteiger partial charge is 0.240 e. The molecule has 0 fully saturated rings. The topological polar surface area (TPSA) is 81.4 Å². The minimum absolute atomic E-state index is 0. The molecule has 17 heavy (non-hydrogen) atoms. The summed E-state index contributed by atoms with van der Waals surface area (Å²) in [6.07, 6.45) is 0. The maximum atomic E-state index is 11.7. The number of sulfonamides is 1. The average Bonchev–Trinajstić information content (AvgIpc) is 2.26. The predicted octanol–water partition coefficient (Wildman–Crippen LogP) is 1.01. The Labute approximate surface area is 112 Å². The SMILES string of the molecule is COc1ccc(S(=O)(=O)NCCN)cc1Cl.Cl. The Balaban J connectivity index is 0.00000256. The zero-order valence-electron chi connectivity index (χ0n) is 9.14. The summed E-state index contributed by atoms with van der Waals surface area (Å²) in [4.78, 5) is 0.0896. The van der Waals surface area contributed by atoms with Crippen molar-refractivity contribution < 1.29 is 13.2 Å². The summed E-state index contributed by atoms with van der Waals surface area (Å²) in [5, 5.41) is 0.248. The van der Waals surface area contributed by atoms with Crippen LogP contribution in [0.4, 0.5) is 0 Å². The van der Waals surface area contributed by atoms with Gasteiger partial charge in [-0.3, -0.25) is 0 Å². The first-order valence-corrected chi connectivity index (χ1v) is 6.40. The third-order valence-corrected chi connectivity index (χ3v) is 3.62. The molecule has 1 aromatic rings. The van der Waals surface area contributed by atoms with Crippen LogP contribution in [0.15, 0.2) is 23.1 Å². The second-order valence-electron chi connectivity index (χ2n) is 2.98. The van der Waals surface area contributed by atoms with Gasteiger partial charge in [-0.25, -0.2) is 13.1 Å². The molecular weight excluding hydrogens is 287 g/mol. The van der Waals surface area contributed by atoms with Crippen molar-refractivity contribution in [2.45, 2.75) is 4.90 Å². The van der Waals surface area contributed by atoms with Crippen LogP contribution in [-0.2, 0) is 10.0 Å². The highest BCUT2D eigenvalue weighted by molar-refractivity contribution is 7.89. The Kier molecular flexibility index (Phi) is 6.81. The molecule has 0 spiro atoms. The molecule has 0 amide bonds. The molecule has 5 nitrogen and oxygen atoms in total. The zero-order chi connectivity index (χ0) is 12.2. The fourth-order valence-corrected chi connectivity index (χ4v) is 2.49. The van der Waals surface area contributed by atoms with E-state index in [0.29, 0.717) is 5.75 Å². The first-order chi connectivity index (χ1) is 7.51. The molecule has 98 valence electrons. The van der Waals surface area contributed by atoms with Gasteiger partial charge in [0.25, 0.3) is 0 Å². The summed E-state index contributed by atoms with van der Waals surface area (Å²) in [6, 6.07) is 4.25. The molecule has 0 unspecified atom stereocenters.